The maximum absolute atomic E-state index is 12.3. The van der Waals surface area contributed by atoms with Crippen LogP contribution in [0.2, 0.25) is 0 Å². The van der Waals surface area contributed by atoms with Crippen LogP contribution in [-0.2, 0) is 9.59 Å². The Bertz CT molecular complexity index is 1320. The Balaban J connectivity index is 1.41. The van der Waals surface area contributed by atoms with E-state index in [2.05, 4.69) is 41.8 Å². The number of carbonyl (C=O) groups excluding carboxylic acids is 2. The van der Waals surface area contributed by atoms with Crippen molar-refractivity contribution in [3.05, 3.63) is 64.3 Å². The Labute approximate surface area is 247 Å². The largest absolute Gasteiger partial charge is 0.480 e. The van der Waals surface area contributed by atoms with Gasteiger partial charge in [-0.2, -0.15) is 0 Å². The fraction of sp³-hybridized carbons (Fsp3) is 0.515. The molecule has 4 aliphatic rings. The number of allylic oxidation sites excluding steroid dienone is 4. The van der Waals surface area contributed by atoms with E-state index in [-0.39, 0.29) is 23.7 Å². The highest BCUT2D eigenvalue weighted by Crippen LogP contribution is 2.67. The summed E-state index contributed by atoms with van der Waals surface area (Å²) in [4.78, 5) is 34.5. The van der Waals surface area contributed by atoms with Crippen molar-refractivity contribution >= 4 is 41.4 Å². The van der Waals surface area contributed by atoms with Crippen molar-refractivity contribution in [3.63, 3.8) is 0 Å². The summed E-state index contributed by atoms with van der Waals surface area (Å²) >= 11 is 5.14. The maximum atomic E-state index is 12.3. The third kappa shape index (κ3) is 5.82. The van der Waals surface area contributed by atoms with Gasteiger partial charge in [-0.05, 0) is 96.9 Å². The van der Waals surface area contributed by atoms with Crippen molar-refractivity contribution in [2.75, 3.05) is 13.1 Å². The quantitative estimate of drug-likeness (QED) is 0.289. The van der Waals surface area contributed by atoms with E-state index >= 15 is 0 Å². The smallest absolute Gasteiger partial charge is 0.323 e. The Kier molecular flexibility index (Phi) is 8.62. The molecule has 218 valence electrons. The Morgan fingerprint density at radius 2 is 1.90 bits per heavy atom. The first-order valence-electron chi connectivity index (χ1n) is 14.8. The van der Waals surface area contributed by atoms with Crippen molar-refractivity contribution in [1.29, 1.82) is 0 Å². The molecule has 2 amide bonds. The Morgan fingerprint density at radius 1 is 1.12 bits per heavy atom. The van der Waals surface area contributed by atoms with Crippen molar-refractivity contribution in [2.45, 2.75) is 76.2 Å². The van der Waals surface area contributed by atoms with Crippen LogP contribution in [0, 0.1) is 17.3 Å². The van der Waals surface area contributed by atoms with Crippen LogP contribution >= 0.6 is 12.2 Å². The Morgan fingerprint density at radius 3 is 2.63 bits per heavy atom. The zero-order chi connectivity index (χ0) is 29.2. The molecule has 5 atom stereocenters. The molecular weight excluding hydrogens is 536 g/mol. The number of urea groups is 1. The molecule has 0 saturated heterocycles. The highest BCUT2D eigenvalue weighted by atomic mass is 32.1. The number of carbonyl (C=O) groups is 3. The number of carboxylic acid groups (broad SMARTS) is 1. The summed E-state index contributed by atoms with van der Waals surface area (Å²) in [6.07, 6.45) is 13.2. The number of hydrogen-bond donors (Lipinski definition) is 4. The molecule has 4 aliphatic carbocycles. The third-order valence-electron chi connectivity index (χ3n) is 10.2. The fourth-order valence-electron chi connectivity index (χ4n) is 8.17. The summed E-state index contributed by atoms with van der Waals surface area (Å²) in [6.45, 7) is 2.17. The van der Waals surface area contributed by atoms with Gasteiger partial charge in [0.1, 0.15) is 6.54 Å². The lowest BCUT2D eigenvalue weighted by Crippen LogP contribution is -2.51. The van der Waals surface area contributed by atoms with Gasteiger partial charge in [0.25, 0.3) is 0 Å². The molecule has 0 bridgehead atoms. The number of carboxylic acids is 1. The van der Waals surface area contributed by atoms with Crippen molar-refractivity contribution in [2.24, 2.45) is 17.3 Å². The summed E-state index contributed by atoms with van der Waals surface area (Å²) in [5.74, 6) is 0.172. The van der Waals surface area contributed by atoms with Gasteiger partial charge < -0.3 is 20.8 Å². The van der Waals surface area contributed by atoms with Gasteiger partial charge in [0.2, 0.25) is 0 Å². The number of amides is 2. The topological polar surface area (TPSA) is 116 Å². The number of aliphatic hydroxyl groups is 1. The predicted octanol–water partition coefficient (Wildman–Crippen LogP) is 5.49. The number of aliphatic carboxylic acids is 1. The molecule has 1 aromatic rings. The van der Waals surface area contributed by atoms with Gasteiger partial charge in [-0.25, -0.2) is 4.79 Å². The molecule has 2 saturated carbocycles. The molecule has 0 heterocycles. The highest BCUT2D eigenvalue weighted by Gasteiger charge is 2.62. The van der Waals surface area contributed by atoms with Crippen LogP contribution < -0.4 is 10.6 Å². The molecular formula is C33H40N2O5S. The number of hydrogen-bond acceptors (Lipinski definition) is 5. The second-order valence-electron chi connectivity index (χ2n) is 12.3. The van der Waals surface area contributed by atoms with E-state index in [9.17, 15) is 19.5 Å². The third-order valence-corrected chi connectivity index (χ3v) is 10.4. The minimum atomic E-state index is -1.09. The van der Waals surface area contributed by atoms with Gasteiger partial charge >= 0.3 is 12.0 Å². The lowest BCUT2D eigenvalue weighted by atomic mass is 9.51. The van der Waals surface area contributed by atoms with Gasteiger partial charge in [-0.3, -0.25) is 9.59 Å². The summed E-state index contributed by atoms with van der Waals surface area (Å²) in [6, 6.07) is 8.01. The van der Waals surface area contributed by atoms with Crippen LogP contribution in [0.4, 0.5) is 4.79 Å². The molecule has 2 fully saturated rings. The monoisotopic (exact) mass is 576 g/mol. The van der Waals surface area contributed by atoms with Gasteiger partial charge in [0.05, 0.1) is 5.60 Å². The second kappa shape index (κ2) is 12.0. The normalized spacial score (nSPS) is 30.7. The molecule has 0 radical (unpaired) electrons. The van der Waals surface area contributed by atoms with Gasteiger partial charge in [0.15, 0.2) is 5.78 Å². The molecule has 0 aliphatic heterocycles. The van der Waals surface area contributed by atoms with E-state index in [1.165, 1.54) is 22.3 Å². The van der Waals surface area contributed by atoms with Crippen LogP contribution in [0.5, 0.6) is 0 Å². The molecule has 7 nitrogen and oxygen atoms in total. The molecule has 41 heavy (non-hydrogen) atoms. The average Bonchev–Trinajstić information content (AvgIpc) is 3.22. The predicted molar refractivity (Wildman–Crippen MR) is 163 cm³/mol. The minimum absolute atomic E-state index is 0.183. The zero-order valence-electron chi connectivity index (χ0n) is 23.7. The van der Waals surface area contributed by atoms with Crippen LogP contribution in [0.3, 0.4) is 0 Å². The summed E-state index contributed by atoms with van der Waals surface area (Å²) < 4.78 is 0. The molecule has 1 aromatic carbocycles. The van der Waals surface area contributed by atoms with E-state index in [4.69, 9.17) is 17.3 Å². The summed E-state index contributed by atoms with van der Waals surface area (Å²) in [5, 5.41) is 27.3. The van der Waals surface area contributed by atoms with Gasteiger partial charge in [0, 0.05) is 24.3 Å². The van der Waals surface area contributed by atoms with E-state index < -0.39 is 24.1 Å². The second-order valence-corrected chi connectivity index (χ2v) is 12.6. The van der Waals surface area contributed by atoms with Crippen molar-refractivity contribution in [3.8, 4) is 0 Å². The molecule has 5 unspecified atom stereocenters. The highest BCUT2D eigenvalue weighted by molar-refractivity contribution is 7.78. The van der Waals surface area contributed by atoms with Gasteiger partial charge in [-0.15, -0.1) is 0 Å². The molecule has 8 heteroatoms. The zero-order valence-corrected chi connectivity index (χ0v) is 24.5. The first kappa shape index (κ1) is 29.4. The van der Waals surface area contributed by atoms with Crippen molar-refractivity contribution < 1.29 is 24.6 Å². The van der Waals surface area contributed by atoms with Crippen molar-refractivity contribution in [1.82, 2.24) is 10.6 Å². The molecule has 0 spiro atoms. The summed E-state index contributed by atoms with van der Waals surface area (Å²) in [7, 11) is 0. The number of fused-ring (bicyclic) bond motifs is 4. The van der Waals surface area contributed by atoms with Crippen LogP contribution in [0.25, 0.3) is 6.08 Å². The minimum Gasteiger partial charge on any atom is -0.480 e. The van der Waals surface area contributed by atoms with Crippen LogP contribution in [0.15, 0.2) is 53.1 Å². The number of nitrogens with one attached hydrogen (secondary N) is 2. The van der Waals surface area contributed by atoms with E-state index in [0.29, 0.717) is 24.7 Å². The van der Waals surface area contributed by atoms with E-state index in [1.54, 1.807) is 5.37 Å². The number of thiocarbonyl (C=S) groups is 1. The summed E-state index contributed by atoms with van der Waals surface area (Å²) in [5.41, 5.74) is 5.45. The van der Waals surface area contributed by atoms with Crippen LogP contribution in [-0.4, -0.2) is 52.1 Å². The molecule has 5 rings (SSSR count). The molecule has 4 N–H and O–H groups in total. The SMILES string of the molecule is CC12CC(c3ccc(C=CCNC(=O)NCC(=O)O)cc3)C3=C4CCC(=O)C=C4CCC3C1CCC2(O)CCC=S. The number of ketones is 1. The fourth-order valence-corrected chi connectivity index (χ4v) is 8.28. The average molecular weight is 577 g/mol. The molecule has 0 aromatic heterocycles. The standard InChI is InChI=1S/C33H40N2O5S/c1-32-19-27(22-7-5-21(6-8-22)4-2-16-34-31(39)35-20-29(37)38)30-25-12-10-24(36)18-23(25)9-11-26(30)28(32)13-15-33(32,40)14-3-17-41/h2,4-8,17-18,26-28,40H,3,9-16,19-20H2,1H3,(H,37,38)(H2,34,35,39). The lowest BCUT2D eigenvalue weighted by Gasteiger charge is -2.55. The first-order valence-corrected chi connectivity index (χ1v) is 15.2. The van der Waals surface area contributed by atoms with E-state index in [0.717, 1.165) is 50.5 Å². The van der Waals surface area contributed by atoms with E-state index in [1.807, 2.05) is 18.2 Å². The maximum Gasteiger partial charge on any atom is 0.323 e. The van der Waals surface area contributed by atoms with Crippen LogP contribution in [0.1, 0.15) is 81.8 Å². The lowest BCUT2D eigenvalue weighted by molar-refractivity contribution is -0.135. The van der Waals surface area contributed by atoms with Gasteiger partial charge in [-0.1, -0.05) is 61.1 Å². The Hall–Kier alpha value is -3.10. The number of benzene rings is 1. The first-order chi connectivity index (χ1) is 19.6. The number of rotatable bonds is 9.